The number of carbonyl (C=O) groups is 1. The third-order valence-electron chi connectivity index (χ3n) is 4.65. The van der Waals surface area contributed by atoms with Gasteiger partial charge in [-0.1, -0.05) is 0 Å². The maximum Gasteiger partial charge on any atom is 0.257 e. The Morgan fingerprint density at radius 1 is 1.38 bits per heavy atom. The minimum atomic E-state index is 0.0900. The summed E-state index contributed by atoms with van der Waals surface area (Å²) >= 11 is 0. The Morgan fingerprint density at radius 3 is 2.83 bits per heavy atom. The number of hydrogen-bond donors (Lipinski definition) is 0. The molecule has 3 rings (SSSR count). The molecule has 0 aliphatic carbocycles. The first-order chi connectivity index (χ1) is 11.5. The smallest absolute Gasteiger partial charge is 0.257 e. The molecule has 3 heterocycles. The predicted octanol–water partition coefficient (Wildman–Crippen LogP) is 2.21. The average molecular weight is 327 g/mol. The zero-order chi connectivity index (χ0) is 17.3. The highest BCUT2D eigenvalue weighted by Gasteiger charge is 2.27. The van der Waals surface area contributed by atoms with Crippen LogP contribution in [0.1, 0.15) is 40.4 Å². The van der Waals surface area contributed by atoms with Crippen LogP contribution in [0.25, 0.3) is 0 Å². The molecular formula is C18H25N5O. The number of aryl methyl sites for hydroxylation is 2. The van der Waals surface area contributed by atoms with E-state index < -0.39 is 0 Å². The number of anilines is 1. The summed E-state index contributed by atoms with van der Waals surface area (Å²) in [5.74, 6) is 1.41. The van der Waals surface area contributed by atoms with Gasteiger partial charge in [0.1, 0.15) is 5.82 Å². The molecule has 0 bridgehead atoms. The van der Waals surface area contributed by atoms with Crippen molar-refractivity contribution in [2.75, 3.05) is 32.1 Å². The van der Waals surface area contributed by atoms with Gasteiger partial charge in [-0.05, 0) is 37.5 Å². The van der Waals surface area contributed by atoms with Crippen molar-refractivity contribution in [1.29, 1.82) is 0 Å². The molecule has 0 aromatic carbocycles. The van der Waals surface area contributed by atoms with E-state index in [-0.39, 0.29) is 5.91 Å². The molecule has 0 spiro atoms. The van der Waals surface area contributed by atoms with Crippen LogP contribution in [0.5, 0.6) is 0 Å². The third kappa shape index (κ3) is 3.27. The number of carbonyl (C=O) groups excluding carboxylic acids is 1. The van der Waals surface area contributed by atoms with Crippen molar-refractivity contribution in [1.82, 2.24) is 19.7 Å². The number of pyridine rings is 1. The second kappa shape index (κ2) is 6.63. The molecule has 1 unspecified atom stereocenters. The summed E-state index contributed by atoms with van der Waals surface area (Å²) in [4.78, 5) is 21.2. The molecule has 0 radical (unpaired) electrons. The van der Waals surface area contributed by atoms with E-state index >= 15 is 0 Å². The fourth-order valence-corrected chi connectivity index (χ4v) is 3.35. The maximum absolute atomic E-state index is 12.8. The number of amides is 1. The highest BCUT2D eigenvalue weighted by molar-refractivity contribution is 5.95. The van der Waals surface area contributed by atoms with Gasteiger partial charge in [0.25, 0.3) is 5.91 Å². The Bertz CT molecular complexity index is 737. The molecule has 1 atom stereocenters. The van der Waals surface area contributed by atoms with Gasteiger partial charge in [-0.3, -0.25) is 9.48 Å². The summed E-state index contributed by atoms with van der Waals surface area (Å²) < 4.78 is 1.70. The molecule has 1 aliphatic rings. The summed E-state index contributed by atoms with van der Waals surface area (Å²) in [6, 6.07) is 4.20. The fourth-order valence-electron chi connectivity index (χ4n) is 3.35. The van der Waals surface area contributed by atoms with Crippen molar-refractivity contribution < 1.29 is 4.79 Å². The van der Waals surface area contributed by atoms with Crippen molar-refractivity contribution in [3.8, 4) is 0 Å². The first kappa shape index (κ1) is 16.5. The minimum Gasteiger partial charge on any atom is -0.363 e. The molecule has 128 valence electrons. The molecular weight excluding hydrogens is 302 g/mol. The standard InChI is InChI=1S/C18H25N5O/c1-13-16(12-22(4)20-13)18(24)23-9-5-6-15(11-23)14-7-8-19-17(10-14)21(2)3/h7-8,10,12,15H,5-6,9,11H2,1-4H3. The number of likely N-dealkylation sites (tertiary alicyclic amines) is 1. The van der Waals surface area contributed by atoms with Crippen molar-refractivity contribution in [3.05, 3.63) is 41.3 Å². The lowest BCUT2D eigenvalue weighted by molar-refractivity contribution is 0.0706. The first-order valence-electron chi connectivity index (χ1n) is 8.38. The average Bonchev–Trinajstić information content (AvgIpc) is 2.92. The molecule has 1 amide bonds. The lowest BCUT2D eigenvalue weighted by Gasteiger charge is -2.33. The first-order valence-corrected chi connectivity index (χ1v) is 8.38. The van der Waals surface area contributed by atoms with Gasteiger partial charge in [0.05, 0.1) is 11.3 Å². The lowest BCUT2D eigenvalue weighted by Crippen LogP contribution is -2.39. The van der Waals surface area contributed by atoms with Gasteiger partial charge in [0, 0.05) is 52.5 Å². The number of piperidine rings is 1. The fraction of sp³-hybridized carbons (Fsp3) is 0.500. The van der Waals surface area contributed by atoms with Gasteiger partial charge in [0.2, 0.25) is 0 Å². The van der Waals surface area contributed by atoms with Crippen LogP contribution in [0.3, 0.4) is 0 Å². The Morgan fingerprint density at radius 2 is 2.17 bits per heavy atom. The van der Waals surface area contributed by atoms with E-state index in [4.69, 9.17) is 0 Å². The summed E-state index contributed by atoms with van der Waals surface area (Å²) in [6.45, 7) is 3.46. The van der Waals surface area contributed by atoms with Crippen molar-refractivity contribution in [2.45, 2.75) is 25.7 Å². The predicted molar refractivity (Wildman–Crippen MR) is 94.4 cm³/mol. The van der Waals surface area contributed by atoms with Crippen LogP contribution in [0.4, 0.5) is 5.82 Å². The monoisotopic (exact) mass is 327 g/mol. The number of aromatic nitrogens is 3. The normalized spacial score (nSPS) is 17.8. The van der Waals surface area contributed by atoms with Crippen molar-refractivity contribution in [2.24, 2.45) is 7.05 Å². The van der Waals surface area contributed by atoms with E-state index in [1.165, 1.54) is 5.56 Å². The molecule has 0 saturated carbocycles. The van der Waals surface area contributed by atoms with Gasteiger partial charge in [-0.25, -0.2) is 4.98 Å². The summed E-state index contributed by atoms with van der Waals surface area (Å²) in [5, 5.41) is 4.29. The minimum absolute atomic E-state index is 0.0900. The van der Waals surface area contributed by atoms with E-state index in [0.29, 0.717) is 11.5 Å². The van der Waals surface area contributed by atoms with E-state index in [1.807, 2.05) is 50.3 Å². The van der Waals surface area contributed by atoms with E-state index in [0.717, 1.165) is 37.4 Å². The largest absolute Gasteiger partial charge is 0.363 e. The summed E-state index contributed by atoms with van der Waals surface area (Å²) in [6.07, 6.45) is 5.80. The number of hydrogen-bond acceptors (Lipinski definition) is 4. The van der Waals surface area contributed by atoms with Crippen LogP contribution >= 0.6 is 0 Å². The van der Waals surface area contributed by atoms with Crippen LogP contribution in [0.2, 0.25) is 0 Å². The Labute approximate surface area is 143 Å². The molecule has 1 aliphatic heterocycles. The number of rotatable bonds is 3. The molecule has 2 aromatic heterocycles. The van der Waals surface area contributed by atoms with E-state index in [9.17, 15) is 4.79 Å². The van der Waals surface area contributed by atoms with Crippen LogP contribution < -0.4 is 4.90 Å². The summed E-state index contributed by atoms with van der Waals surface area (Å²) in [5.41, 5.74) is 2.76. The van der Waals surface area contributed by atoms with Gasteiger partial charge < -0.3 is 9.80 Å². The van der Waals surface area contributed by atoms with Crippen molar-refractivity contribution >= 4 is 11.7 Å². The highest BCUT2D eigenvalue weighted by Crippen LogP contribution is 2.29. The van der Waals surface area contributed by atoms with Gasteiger partial charge in [-0.15, -0.1) is 0 Å². The zero-order valence-electron chi connectivity index (χ0n) is 14.9. The Balaban J connectivity index is 1.78. The topological polar surface area (TPSA) is 54.3 Å². The molecule has 0 N–H and O–H groups in total. The Hall–Kier alpha value is -2.37. The third-order valence-corrected chi connectivity index (χ3v) is 4.65. The molecule has 24 heavy (non-hydrogen) atoms. The van der Waals surface area contributed by atoms with Crippen LogP contribution in [-0.4, -0.2) is 52.8 Å². The highest BCUT2D eigenvalue weighted by atomic mass is 16.2. The number of nitrogens with zero attached hydrogens (tertiary/aromatic N) is 5. The summed E-state index contributed by atoms with van der Waals surface area (Å²) in [7, 11) is 5.84. The molecule has 6 nitrogen and oxygen atoms in total. The van der Waals surface area contributed by atoms with Crippen LogP contribution in [-0.2, 0) is 7.05 Å². The zero-order valence-corrected chi connectivity index (χ0v) is 14.9. The SMILES string of the molecule is Cc1nn(C)cc1C(=O)N1CCCC(c2ccnc(N(C)C)c2)C1. The van der Waals surface area contributed by atoms with Crippen LogP contribution in [0, 0.1) is 6.92 Å². The molecule has 1 saturated heterocycles. The second-order valence-corrected chi connectivity index (χ2v) is 6.73. The second-order valence-electron chi connectivity index (χ2n) is 6.73. The van der Waals surface area contributed by atoms with Gasteiger partial charge in [-0.2, -0.15) is 5.10 Å². The van der Waals surface area contributed by atoms with Gasteiger partial charge >= 0.3 is 0 Å². The Kier molecular flexibility index (Phi) is 4.55. The quantitative estimate of drug-likeness (QED) is 0.867. The molecule has 1 fully saturated rings. The lowest BCUT2D eigenvalue weighted by atomic mass is 9.90. The molecule has 6 heteroatoms. The maximum atomic E-state index is 12.8. The van der Waals surface area contributed by atoms with E-state index in [1.54, 1.807) is 4.68 Å². The van der Waals surface area contributed by atoms with E-state index in [2.05, 4.69) is 22.2 Å². The van der Waals surface area contributed by atoms with Crippen LogP contribution in [0.15, 0.2) is 24.5 Å². The van der Waals surface area contributed by atoms with Gasteiger partial charge in [0.15, 0.2) is 0 Å². The molecule has 2 aromatic rings. The van der Waals surface area contributed by atoms with Crippen molar-refractivity contribution in [3.63, 3.8) is 0 Å².